The van der Waals surface area contributed by atoms with Gasteiger partial charge in [-0.25, -0.2) is 4.79 Å². The number of carbonyl (C=O) groups excluding carboxylic acids is 1. The summed E-state index contributed by atoms with van der Waals surface area (Å²) in [6, 6.07) is 6.90. The smallest absolute Gasteiger partial charge is 0.319 e. The highest BCUT2D eigenvalue weighted by molar-refractivity contribution is 5.89. The van der Waals surface area contributed by atoms with Crippen molar-refractivity contribution in [3.8, 4) is 12.3 Å². The first-order valence-corrected chi connectivity index (χ1v) is 5.06. The van der Waals surface area contributed by atoms with E-state index in [1.807, 2.05) is 20.8 Å². The minimum atomic E-state index is -0.247. The monoisotopic (exact) mass is 216 g/mol. The number of amides is 2. The number of anilines is 1. The van der Waals surface area contributed by atoms with Crippen LogP contribution < -0.4 is 10.6 Å². The molecule has 0 aliphatic carbocycles. The fourth-order valence-electron chi connectivity index (χ4n) is 1.15. The Labute approximate surface area is 96.2 Å². The van der Waals surface area contributed by atoms with Crippen LogP contribution in [0.15, 0.2) is 24.3 Å². The maximum Gasteiger partial charge on any atom is 0.319 e. The number of terminal acetylenes is 1. The zero-order valence-corrected chi connectivity index (χ0v) is 9.79. The molecule has 2 amide bonds. The van der Waals surface area contributed by atoms with Crippen LogP contribution in [0, 0.1) is 12.3 Å². The molecule has 0 heterocycles. The first-order valence-electron chi connectivity index (χ1n) is 5.06. The van der Waals surface area contributed by atoms with Crippen LogP contribution in [-0.2, 0) is 0 Å². The standard InChI is InChI=1S/C13H16N2O/c1-5-10-6-8-11(9-7-10)14-12(16)15-13(2,3)4/h1,6-9H,2-4H3,(H2,14,15,16). The quantitative estimate of drug-likeness (QED) is 0.696. The third-order valence-electron chi connectivity index (χ3n) is 1.80. The Balaban J connectivity index is 2.61. The first kappa shape index (κ1) is 12.1. The van der Waals surface area contributed by atoms with Crippen LogP contribution in [0.5, 0.6) is 0 Å². The lowest BCUT2D eigenvalue weighted by atomic mass is 10.1. The second kappa shape index (κ2) is 4.71. The molecule has 16 heavy (non-hydrogen) atoms. The van der Waals surface area contributed by atoms with E-state index in [1.54, 1.807) is 24.3 Å². The summed E-state index contributed by atoms with van der Waals surface area (Å²) in [5, 5.41) is 5.54. The number of hydrogen-bond donors (Lipinski definition) is 2. The molecule has 0 bridgehead atoms. The number of nitrogens with one attached hydrogen (secondary N) is 2. The SMILES string of the molecule is C#Cc1ccc(NC(=O)NC(C)(C)C)cc1. The van der Waals surface area contributed by atoms with Crippen LogP contribution in [0.1, 0.15) is 26.3 Å². The lowest BCUT2D eigenvalue weighted by Gasteiger charge is -2.20. The second-order valence-corrected chi connectivity index (χ2v) is 4.55. The highest BCUT2D eigenvalue weighted by Crippen LogP contribution is 2.09. The predicted octanol–water partition coefficient (Wildman–Crippen LogP) is 2.59. The van der Waals surface area contributed by atoms with Crippen molar-refractivity contribution in [3.63, 3.8) is 0 Å². The molecule has 1 aromatic rings. The summed E-state index contributed by atoms with van der Waals surface area (Å²) in [5.74, 6) is 2.52. The molecule has 84 valence electrons. The summed E-state index contributed by atoms with van der Waals surface area (Å²) < 4.78 is 0. The Morgan fingerprint density at radius 1 is 1.25 bits per heavy atom. The second-order valence-electron chi connectivity index (χ2n) is 4.55. The topological polar surface area (TPSA) is 41.1 Å². The average Bonchev–Trinajstić information content (AvgIpc) is 2.16. The van der Waals surface area contributed by atoms with E-state index >= 15 is 0 Å². The lowest BCUT2D eigenvalue weighted by molar-refractivity contribution is 0.244. The molecule has 1 aromatic carbocycles. The molecule has 0 atom stereocenters. The summed E-state index contributed by atoms with van der Waals surface area (Å²) >= 11 is 0. The van der Waals surface area contributed by atoms with E-state index in [4.69, 9.17) is 6.42 Å². The Bertz CT molecular complexity index is 407. The molecule has 0 spiro atoms. The summed E-state index contributed by atoms with van der Waals surface area (Å²) in [6.07, 6.45) is 5.23. The van der Waals surface area contributed by atoms with Crippen molar-refractivity contribution in [2.45, 2.75) is 26.3 Å². The van der Waals surface area contributed by atoms with Crippen molar-refractivity contribution in [1.29, 1.82) is 0 Å². The first-order chi connectivity index (χ1) is 7.40. The molecule has 3 nitrogen and oxygen atoms in total. The maximum absolute atomic E-state index is 11.5. The summed E-state index contributed by atoms with van der Waals surface area (Å²) in [4.78, 5) is 11.5. The van der Waals surface area contributed by atoms with Crippen molar-refractivity contribution < 1.29 is 4.79 Å². The zero-order chi connectivity index (χ0) is 12.2. The van der Waals surface area contributed by atoms with Gasteiger partial charge >= 0.3 is 6.03 Å². The third-order valence-corrected chi connectivity index (χ3v) is 1.80. The molecule has 0 saturated heterocycles. The van der Waals surface area contributed by atoms with Crippen LogP contribution in [0.25, 0.3) is 0 Å². The highest BCUT2D eigenvalue weighted by atomic mass is 16.2. The van der Waals surface area contributed by atoms with Crippen molar-refractivity contribution in [2.75, 3.05) is 5.32 Å². The van der Waals surface area contributed by atoms with Crippen LogP contribution in [0.4, 0.5) is 10.5 Å². The Hall–Kier alpha value is -1.95. The van der Waals surface area contributed by atoms with E-state index in [2.05, 4.69) is 16.6 Å². The van der Waals surface area contributed by atoms with Gasteiger partial charge in [0.05, 0.1) is 0 Å². The summed E-state index contributed by atoms with van der Waals surface area (Å²) in [7, 11) is 0. The van der Waals surface area contributed by atoms with Gasteiger partial charge < -0.3 is 10.6 Å². The molecule has 0 unspecified atom stereocenters. The van der Waals surface area contributed by atoms with Crippen molar-refractivity contribution in [1.82, 2.24) is 5.32 Å². The van der Waals surface area contributed by atoms with E-state index < -0.39 is 0 Å². The molecule has 0 aromatic heterocycles. The van der Waals surface area contributed by atoms with E-state index in [9.17, 15) is 4.79 Å². The van der Waals surface area contributed by atoms with Crippen LogP contribution in [0.2, 0.25) is 0 Å². The normalized spacial score (nSPS) is 10.4. The molecule has 1 rings (SSSR count). The van der Waals surface area contributed by atoms with Gasteiger partial charge in [0.2, 0.25) is 0 Å². The van der Waals surface area contributed by atoms with E-state index in [-0.39, 0.29) is 11.6 Å². The fourth-order valence-corrected chi connectivity index (χ4v) is 1.15. The largest absolute Gasteiger partial charge is 0.333 e. The molecule has 0 fully saturated rings. The molecular formula is C13H16N2O. The Kier molecular flexibility index (Phi) is 3.57. The van der Waals surface area contributed by atoms with Gasteiger partial charge in [0.15, 0.2) is 0 Å². The number of urea groups is 1. The predicted molar refractivity (Wildman–Crippen MR) is 66.3 cm³/mol. The van der Waals surface area contributed by atoms with Gasteiger partial charge in [0.1, 0.15) is 0 Å². The van der Waals surface area contributed by atoms with E-state index in [1.165, 1.54) is 0 Å². The van der Waals surface area contributed by atoms with Crippen LogP contribution in [0.3, 0.4) is 0 Å². The van der Waals surface area contributed by atoms with Crippen molar-refractivity contribution >= 4 is 11.7 Å². The fraction of sp³-hybridized carbons (Fsp3) is 0.308. The third kappa shape index (κ3) is 4.05. The maximum atomic E-state index is 11.5. The minimum absolute atomic E-state index is 0.221. The van der Waals surface area contributed by atoms with Gasteiger partial charge in [0, 0.05) is 16.8 Å². The van der Waals surface area contributed by atoms with Crippen molar-refractivity contribution in [3.05, 3.63) is 29.8 Å². The molecule has 3 heteroatoms. The van der Waals surface area contributed by atoms with Gasteiger partial charge in [-0.1, -0.05) is 5.92 Å². The van der Waals surface area contributed by atoms with Gasteiger partial charge in [-0.05, 0) is 45.0 Å². The number of carbonyl (C=O) groups is 1. The molecule has 0 radical (unpaired) electrons. The zero-order valence-electron chi connectivity index (χ0n) is 9.79. The molecule has 0 saturated carbocycles. The molecule has 0 aliphatic rings. The molecule has 0 aliphatic heterocycles. The number of benzene rings is 1. The van der Waals surface area contributed by atoms with Gasteiger partial charge in [-0.3, -0.25) is 0 Å². The van der Waals surface area contributed by atoms with Gasteiger partial charge in [0.25, 0.3) is 0 Å². The van der Waals surface area contributed by atoms with Gasteiger partial charge in [-0.15, -0.1) is 6.42 Å². The van der Waals surface area contributed by atoms with Crippen LogP contribution in [-0.4, -0.2) is 11.6 Å². The number of rotatable bonds is 1. The minimum Gasteiger partial charge on any atom is -0.333 e. The Morgan fingerprint density at radius 2 is 1.81 bits per heavy atom. The molecular weight excluding hydrogens is 200 g/mol. The van der Waals surface area contributed by atoms with Crippen molar-refractivity contribution in [2.24, 2.45) is 0 Å². The average molecular weight is 216 g/mol. The van der Waals surface area contributed by atoms with Crippen LogP contribution >= 0.6 is 0 Å². The highest BCUT2D eigenvalue weighted by Gasteiger charge is 2.13. The Morgan fingerprint density at radius 3 is 2.25 bits per heavy atom. The van der Waals surface area contributed by atoms with E-state index in [0.29, 0.717) is 0 Å². The summed E-state index contributed by atoms with van der Waals surface area (Å²) in [5.41, 5.74) is 1.27. The molecule has 2 N–H and O–H groups in total. The van der Waals surface area contributed by atoms with E-state index in [0.717, 1.165) is 11.3 Å². The summed E-state index contributed by atoms with van der Waals surface area (Å²) in [6.45, 7) is 5.77. The number of hydrogen-bond acceptors (Lipinski definition) is 1. The lowest BCUT2D eigenvalue weighted by Crippen LogP contribution is -2.43. The van der Waals surface area contributed by atoms with Gasteiger partial charge in [-0.2, -0.15) is 0 Å².